The molecule has 6 nitrogen and oxygen atoms in total. The van der Waals surface area contributed by atoms with Crippen LogP contribution >= 0.6 is 0 Å². The number of benzene rings is 1. The van der Waals surface area contributed by atoms with E-state index >= 15 is 0 Å². The van der Waals surface area contributed by atoms with E-state index in [1.807, 2.05) is 49.3 Å². The smallest absolute Gasteiger partial charge is 0.253 e. The molecule has 0 unspecified atom stereocenters. The van der Waals surface area contributed by atoms with Crippen LogP contribution in [0.15, 0.2) is 36.7 Å². The molecule has 1 fully saturated rings. The molecule has 1 aliphatic heterocycles. The van der Waals surface area contributed by atoms with Gasteiger partial charge in [-0.2, -0.15) is 5.10 Å². The van der Waals surface area contributed by atoms with Gasteiger partial charge in [0.2, 0.25) is 0 Å². The summed E-state index contributed by atoms with van der Waals surface area (Å²) in [7, 11) is 1.88. The van der Waals surface area contributed by atoms with E-state index in [1.54, 1.807) is 10.9 Å². The summed E-state index contributed by atoms with van der Waals surface area (Å²) in [5.74, 6) is 0.533. The fourth-order valence-corrected chi connectivity index (χ4v) is 3.24. The Kier molecular flexibility index (Phi) is 5.71. The Labute approximate surface area is 148 Å². The highest BCUT2D eigenvalue weighted by molar-refractivity contribution is 5.95. The van der Waals surface area contributed by atoms with Gasteiger partial charge in [-0.3, -0.25) is 9.48 Å². The van der Waals surface area contributed by atoms with Crippen LogP contribution in [0.25, 0.3) is 0 Å². The third-order valence-corrected chi connectivity index (χ3v) is 4.47. The van der Waals surface area contributed by atoms with Gasteiger partial charge in [0.05, 0.1) is 18.5 Å². The Balaban J connectivity index is 1.66. The zero-order valence-electron chi connectivity index (χ0n) is 14.9. The molecule has 0 bridgehead atoms. The maximum atomic E-state index is 12.9. The second-order valence-corrected chi connectivity index (χ2v) is 6.53. The van der Waals surface area contributed by atoms with Crippen molar-refractivity contribution >= 4 is 17.3 Å². The number of amides is 1. The number of likely N-dealkylation sites (tertiary alicyclic amines) is 1. The quantitative estimate of drug-likeness (QED) is 0.876. The van der Waals surface area contributed by atoms with Crippen molar-refractivity contribution < 1.29 is 9.53 Å². The topological polar surface area (TPSA) is 59.4 Å². The number of piperidine rings is 1. The number of carbonyl (C=O) groups is 1. The first-order valence-corrected chi connectivity index (χ1v) is 8.88. The number of rotatable bonds is 6. The average Bonchev–Trinajstić information content (AvgIpc) is 3.04. The second kappa shape index (κ2) is 8.16. The molecule has 1 N–H and O–H groups in total. The lowest BCUT2D eigenvalue weighted by molar-refractivity contribution is 0.0501. The van der Waals surface area contributed by atoms with Crippen molar-refractivity contribution in [2.24, 2.45) is 13.0 Å². The minimum absolute atomic E-state index is 0.0936. The Bertz CT molecular complexity index is 713. The summed E-state index contributed by atoms with van der Waals surface area (Å²) in [5.41, 5.74) is 2.51. The summed E-state index contributed by atoms with van der Waals surface area (Å²) in [4.78, 5) is 14.8. The number of aryl methyl sites for hydroxylation is 1. The van der Waals surface area contributed by atoms with Gasteiger partial charge in [-0.15, -0.1) is 0 Å². The Morgan fingerprint density at radius 2 is 2.28 bits per heavy atom. The molecule has 1 aliphatic rings. The standard InChI is InChI=1S/C19H26N4O2/c1-3-25-14-15-6-5-9-23(12-15)19(24)16-7-4-8-17(10-16)21-18-11-20-22(2)13-18/h4,7-8,10-11,13,15,21H,3,5-6,9,12,14H2,1-2H3/t15-/m1/s1. The number of aromatic nitrogens is 2. The number of carbonyl (C=O) groups excluding carboxylic acids is 1. The molecule has 2 heterocycles. The van der Waals surface area contributed by atoms with Crippen molar-refractivity contribution in [2.45, 2.75) is 19.8 Å². The van der Waals surface area contributed by atoms with Gasteiger partial charge in [-0.25, -0.2) is 0 Å². The van der Waals surface area contributed by atoms with E-state index < -0.39 is 0 Å². The molecule has 1 aromatic heterocycles. The van der Waals surface area contributed by atoms with Crippen molar-refractivity contribution in [3.05, 3.63) is 42.2 Å². The molecule has 1 atom stereocenters. The van der Waals surface area contributed by atoms with Crippen LogP contribution in [0, 0.1) is 5.92 Å². The number of nitrogens with zero attached hydrogens (tertiary/aromatic N) is 3. The molecule has 0 radical (unpaired) electrons. The SMILES string of the molecule is CCOC[C@@H]1CCCN(C(=O)c2cccc(Nc3cnn(C)c3)c2)C1. The van der Waals surface area contributed by atoms with E-state index in [0.29, 0.717) is 11.5 Å². The number of anilines is 2. The van der Waals surface area contributed by atoms with E-state index in [1.165, 1.54) is 0 Å². The van der Waals surface area contributed by atoms with Crippen LogP contribution in [0.4, 0.5) is 11.4 Å². The molecule has 3 rings (SSSR count). The first-order chi connectivity index (χ1) is 12.2. The van der Waals surface area contributed by atoms with E-state index in [2.05, 4.69) is 10.4 Å². The largest absolute Gasteiger partial charge is 0.381 e. The third-order valence-electron chi connectivity index (χ3n) is 4.47. The summed E-state index contributed by atoms with van der Waals surface area (Å²) < 4.78 is 7.28. The summed E-state index contributed by atoms with van der Waals surface area (Å²) >= 11 is 0. The second-order valence-electron chi connectivity index (χ2n) is 6.53. The van der Waals surface area contributed by atoms with Gasteiger partial charge in [0.15, 0.2) is 0 Å². The minimum Gasteiger partial charge on any atom is -0.381 e. The van der Waals surface area contributed by atoms with Crippen molar-refractivity contribution in [1.82, 2.24) is 14.7 Å². The van der Waals surface area contributed by atoms with Gasteiger partial charge in [0, 0.05) is 44.2 Å². The Morgan fingerprint density at radius 1 is 1.40 bits per heavy atom. The number of nitrogens with one attached hydrogen (secondary N) is 1. The van der Waals surface area contributed by atoms with Crippen LogP contribution in [0.2, 0.25) is 0 Å². The lowest BCUT2D eigenvalue weighted by Crippen LogP contribution is -2.41. The highest BCUT2D eigenvalue weighted by atomic mass is 16.5. The van der Waals surface area contributed by atoms with E-state index in [-0.39, 0.29) is 5.91 Å². The van der Waals surface area contributed by atoms with Crippen LogP contribution in [0.1, 0.15) is 30.1 Å². The van der Waals surface area contributed by atoms with Crippen LogP contribution in [0.5, 0.6) is 0 Å². The van der Waals surface area contributed by atoms with Crippen molar-refractivity contribution in [3.63, 3.8) is 0 Å². The summed E-state index contributed by atoms with van der Waals surface area (Å²) in [5, 5.41) is 7.43. The fourth-order valence-electron chi connectivity index (χ4n) is 3.24. The number of hydrogen-bond acceptors (Lipinski definition) is 4. The molecular formula is C19H26N4O2. The van der Waals surface area contributed by atoms with Crippen molar-refractivity contribution in [3.8, 4) is 0 Å². The fraction of sp³-hybridized carbons (Fsp3) is 0.474. The zero-order valence-corrected chi connectivity index (χ0v) is 14.9. The van der Waals surface area contributed by atoms with Gasteiger partial charge in [-0.1, -0.05) is 6.07 Å². The predicted octanol–water partition coefficient (Wildman–Crippen LogP) is 3.05. The van der Waals surface area contributed by atoms with Gasteiger partial charge in [0.25, 0.3) is 5.91 Å². The van der Waals surface area contributed by atoms with Gasteiger partial charge >= 0.3 is 0 Å². The summed E-state index contributed by atoms with van der Waals surface area (Å²) in [6, 6.07) is 7.65. The molecule has 134 valence electrons. The molecular weight excluding hydrogens is 316 g/mol. The highest BCUT2D eigenvalue weighted by Gasteiger charge is 2.24. The Hall–Kier alpha value is -2.34. The number of hydrogen-bond donors (Lipinski definition) is 1. The molecule has 1 amide bonds. The monoisotopic (exact) mass is 342 g/mol. The Morgan fingerprint density at radius 3 is 3.04 bits per heavy atom. The van der Waals surface area contributed by atoms with Crippen molar-refractivity contribution in [1.29, 1.82) is 0 Å². The van der Waals surface area contributed by atoms with Crippen LogP contribution < -0.4 is 5.32 Å². The molecule has 6 heteroatoms. The average molecular weight is 342 g/mol. The maximum Gasteiger partial charge on any atom is 0.253 e. The zero-order chi connectivity index (χ0) is 17.6. The first kappa shape index (κ1) is 17.5. The van der Waals surface area contributed by atoms with E-state index in [4.69, 9.17) is 4.74 Å². The molecule has 1 saturated heterocycles. The molecule has 0 aliphatic carbocycles. The highest BCUT2D eigenvalue weighted by Crippen LogP contribution is 2.21. The van der Waals surface area contributed by atoms with Crippen LogP contribution in [-0.2, 0) is 11.8 Å². The maximum absolute atomic E-state index is 12.9. The van der Waals surface area contributed by atoms with Crippen LogP contribution in [-0.4, -0.2) is 46.9 Å². The summed E-state index contributed by atoms with van der Waals surface area (Å²) in [6.45, 7) is 5.07. The number of ether oxygens (including phenoxy) is 1. The van der Waals surface area contributed by atoms with E-state index in [0.717, 1.165) is 50.5 Å². The van der Waals surface area contributed by atoms with Gasteiger partial charge in [-0.05, 0) is 43.9 Å². The first-order valence-electron chi connectivity index (χ1n) is 8.88. The van der Waals surface area contributed by atoms with E-state index in [9.17, 15) is 4.79 Å². The van der Waals surface area contributed by atoms with Crippen LogP contribution in [0.3, 0.4) is 0 Å². The third kappa shape index (κ3) is 4.60. The minimum atomic E-state index is 0.0936. The lowest BCUT2D eigenvalue weighted by atomic mass is 9.98. The molecule has 1 aromatic carbocycles. The molecule has 25 heavy (non-hydrogen) atoms. The molecule has 0 spiro atoms. The molecule has 2 aromatic rings. The lowest BCUT2D eigenvalue weighted by Gasteiger charge is -2.32. The van der Waals surface area contributed by atoms with Gasteiger partial charge < -0.3 is 15.0 Å². The summed E-state index contributed by atoms with van der Waals surface area (Å²) in [6.07, 6.45) is 5.83. The van der Waals surface area contributed by atoms with Crippen molar-refractivity contribution in [2.75, 3.05) is 31.6 Å². The normalized spacial score (nSPS) is 17.5. The predicted molar refractivity (Wildman–Crippen MR) is 98.1 cm³/mol. The van der Waals surface area contributed by atoms with Gasteiger partial charge in [0.1, 0.15) is 0 Å². The molecule has 0 saturated carbocycles.